The van der Waals surface area contributed by atoms with Gasteiger partial charge in [0.05, 0.1) is 18.5 Å². The molecule has 0 saturated carbocycles. The third kappa shape index (κ3) is 1.42. The minimum Gasteiger partial charge on any atom is -0.497 e. The van der Waals surface area contributed by atoms with Gasteiger partial charge in [-0.15, -0.1) is 0 Å². The molecule has 0 bridgehead atoms. The predicted octanol–water partition coefficient (Wildman–Crippen LogP) is 1.47. The number of hydrogen-bond donors (Lipinski definition) is 1. The van der Waals surface area contributed by atoms with Crippen LogP contribution in [0.4, 0.5) is 0 Å². The molecule has 18 heavy (non-hydrogen) atoms. The van der Waals surface area contributed by atoms with E-state index in [0.717, 1.165) is 5.69 Å². The molecule has 1 aromatic heterocycles. The lowest BCUT2D eigenvalue weighted by Gasteiger charge is -2.20. The van der Waals surface area contributed by atoms with Gasteiger partial charge >= 0.3 is 5.97 Å². The van der Waals surface area contributed by atoms with Crippen molar-refractivity contribution in [1.29, 1.82) is 0 Å². The molecule has 6 nitrogen and oxygen atoms in total. The number of aromatic nitrogens is 2. The minimum absolute atomic E-state index is 0.0171. The molecular formula is C12H10N2O4. The Labute approximate surface area is 102 Å². The average Bonchev–Trinajstić information content (AvgIpc) is 2.82. The van der Waals surface area contributed by atoms with Crippen molar-refractivity contribution in [1.82, 2.24) is 9.55 Å². The summed E-state index contributed by atoms with van der Waals surface area (Å²) in [6, 6.07) is 5.36. The van der Waals surface area contributed by atoms with E-state index < -0.39 is 5.97 Å². The van der Waals surface area contributed by atoms with Gasteiger partial charge in [-0.1, -0.05) is 0 Å². The molecule has 0 radical (unpaired) electrons. The summed E-state index contributed by atoms with van der Waals surface area (Å²) in [7, 11) is 1.57. The Morgan fingerprint density at radius 2 is 2.39 bits per heavy atom. The largest absolute Gasteiger partial charge is 0.497 e. The Morgan fingerprint density at radius 3 is 3.11 bits per heavy atom. The summed E-state index contributed by atoms with van der Waals surface area (Å²) in [5.74, 6) is 0.298. The second-order valence-corrected chi connectivity index (χ2v) is 3.84. The first-order valence-corrected chi connectivity index (χ1v) is 5.31. The number of hydrogen-bond acceptors (Lipinski definition) is 4. The van der Waals surface area contributed by atoms with Crippen molar-refractivity contribution in [2.24, 2.45) is 0 Å². The normalized spacial score (nSPS) is 12.3. The van der Waals surface area contributed by atoms with Crippen molar-refractivity contribution < 1.29 is 19.4 Å². The maximum absolute atomic E-state index is 11.0. The molecule has 0 aliphatic carbocycles. The second-order valence-electron chi connectivity index (χ2n) is 3.84. The zero-order valence-corrected chi connectivity index (χ0v) is 9.58. The lowest BCUT2D eigenvalue weighted by atomic mass is 10.2. The Kier molecular flexibility index (Phi) is 2.22. The lowest BCUT2D eigenvalue weighted by molar-refractivity contribution is 0.0687. The van der Waals surface area contributed by atoms with E-state index in [1.165, 1.54) is 6.33 Å². The molecule has 2 aromatic rings. The molecule has 92 valence electrons. The predicted molar refractivity (Wildman–Crippen MR) is 61.4 cm³/mol. The number of rotatable bonds is 2. The average molecular weight is 246 g/mol. The van der Waals surface area contributed by atoms with Gasteiger partial charge in [0, 0.05) is 6.07 Å². The summed E-state index contributed by atoms with van der Waals surface area (Å²) >= 11 is 0. The van der Waals surface area contributed by atoms with Crippen molar-refractivity contribution in [2.45, 2.75) is 6.61 Å². The van der Waals surface area contributed by atoms with Gasteiger partial charge in [0.1, 0.15) is 24.4 Å². The van der Waals surface area contributed by atoms with E-state index in [1.807, 2.05) is 0 Å². The van der Waals surface area contributed by atoms with Crippen LogP contribution in [0.25, 0.3) is 5.69 Å². The Balaban J connectivity index is 2.19. The van der Waals surface area contributed by atoms with Crippen LogP contribution in [0.5, 0.6) is 11.5 Å². The van der Waals surface area contributed by atoms with E-state index in [4.69, 9.17) is 14.6 Å². The van der Waals surface area contributed by atoms with Gasteiger partial charge < -0.3 is 14.6 Å². The fourth-order valence-corrected chi connectivity index (χ4v) is 1.98. The fraction of sp³-hybridized carbons (Fsp3) is 0.167. The monoisotopic (exact) mass is 246 g/mol. The van der Waals surface area contributed by atoms with Gasteiger partial charge in [-0.25, -0.2) is 9.78 Å². The number of ether oxygens (including phenoxy) is 2. The molecule has 2 heterocycles. The van der Waals surface area contributed by atoms with Crippen LogP contribution in [0.2, 0.25) is 0 Å². The number of methoxy groups -OCH3 is 1. The molecule has 0 saturated heterocycles. The van der Waals surface area contributed by atoms with Crippen molar-refractivity contribution in [3.63, 3.8) is 0 Å². The summed E-state index contributed by atoms with van der Waals surface area (Å²) in [6.07, 6.45) is 1.49. The minimum atomic E-state index is -1.06. The van der Waals surface area contributed by atoms with E-state index in [0.29, 0.717) is 17.2 Å². The number of aromatic carboxylic acids is 1. The topological polar surface area (TPSA) is 73.6 Å². The molecule has 1 aliphatic rings. The quantitative estimate of drug-likeness (QED) is 0.868. The highest BCUT2D eigenvalue weighted by atomic mass is 16.5. The van der Waals surface area contributed by atoms with E-state index in [2.05, 4.69) is 4.98 Å². The SMILES string of the molecule is COc1ccc2c(c1)-n1cnc(C(=O)O)c1CO2. The van der Waals surface area contributed by atoms with E-state index in [1.54, 1.807) is 29.9 Å². The third-order valence-corrected chi connectivity index (χ3v) is 2.86. The maximum atomic E-state index is 11.0. The van der Waals surface area contributed by atoms with Crippen LogP contribution in [0.15, 0.2) is 24.5 Å². The first-order valence-electron chi connectivity index (χ1n) is 5.31. The number of carboxylic acid groups (broad SMARTS) is 1. The van der Waals surface area contributed by atoms with Gasteiger partial charge in [-0.05, 0) is 12.1 Å². The van der Waals surface area contributed by atoms with Crippen LogP contribution >= 0.6 is 0 Å². The standard InChI is InChI=1S/C12H10N2O4/c1-17-7-2-3-10-8(4-7)14-6-13-11(12(15)16)9(14)5-18-10/h2-4,6H,5H2,1H3,(H,15,16). The smallest absolute Gasteiger partial charge is 0.356 e. The summed E-state index contributed by atoms with van der Waals surface area (Å²) < 4.78 is 12.4. The van der Waals surface area contributed by atoms with Crippen LogP contribution < -0.4 is 9.47 Å². The van der Waals surface area contributed by atoms with Crippen LogP contribution in [0, 0.1) is 0 Å². The van der Waals surface area contributed by atoms with Crippen LogP contribution in [0.1, 0.15) is 16.2 Å². The van der Waals surface area contributed by atoms with Crippen LogP contribution in [0.3, 0.4) is 0 Å². The first kappa shape index (κ1) is 10.6. The molecule has 1 aliphatic heterocycles. The van der Waals surface area contributed by atoms with Gasteiger partial charge in [0.25, 0.3) is 0 Å². The van der Waals surface area contributed by atoms with Gasteiger partial charge in [-0.2, -0.15) is 0 Å². The molecule has 3 rings (SSSR count). The third-order valence-electron chi connectivity index (χ3n) is 2.86. The zero-order chi connectivity index (χ0) is 12.7. The molecule has 0 fully saturated rings. The van der Waals surface area contributed by atoms with Gasteiger partial charge in [0.15, 0.2) is 5.69 Å². The van der Waals surface area contributed by atoms with E-state index in [-0.39, 0.29) is 12.3 Å². The molecule has 0 spiro atoms. The Bertz CT molecular complexity index is 633. The summed E-state index contributed by atoms with van der Waals surface area (Å²) in [6.45, 7) is 0.195. The number of carbonyl (C=O) groups is 1. The first-order chi connectivity index (χ1) is 8.70. The maximum Gasteiger partial charge on any atom is 0.356 e. The number of fused-ring (bicyclic) bond motifs is 3. The highest BCUT2D eigenvalue weighted by molar-refractivity contribution is 5.87. The Morgan fingerprint density at radius 1 is 1.56 bits per heavy atom. The Hall–Kier alpha value is -2.50. The van der Waals surface area contributed by atoms with Crippen molar-refractivity contribution >= 4 is 5.97 Å². The molecule has 0 unspecified atom stereocenters. The lowest BCUT2D eigenvalue weighted by Crippen LogP contribution is -2.15. The number of carboxylic acids is 1. The zero-order valence-electron chi connectivity index (χ0n) is 9.58. The summed E-state index contributed by atoms with van der Waals surface area (Å²) in [5.41, 5.74) is 1.28. The highest BCUT2D eigenvalue weighted by Crippen LogP contribution is 2.33. The number of benzene rings is 1. The van der Waals surface area contributed by atoms with Gasteiger partial charge in [0.2, 0.25) is 0 Å². The number of nitrogens with zero attached hydrogens (tertiary/aromatic N) is 2. The molecule has 6 heteroatoms. The summed E-state index contributed by atoms with van der Waals surface area (Å²) in [4.78, 5) is 14.9. The summed E-state index contributed by atoms with van der Waals surface area (Å²) in [5, 5.41) is 9.02. The molecule has 1 N–H and O–H groups in total. The van der Waals surface area contributed by atoms with Crippen molar-refractivity contribution in [3.05, 3.63) is 35.9 Å². The molecule has 0 amide bonds. The second kappa shape index (κ2) is 3.76. The molecular weight excluding hydrogens is 236 g/mol. The number of imidazole rings is 1. The van der Waals surface area contributed by atoms with Gasteiger partial charge in [-0.3, -0.25) is 4.57 Å². The molecule has 1 aromatic carbocycles. The van der Waals surface area contributed by atoms with E-state index in [9.17, 15) is 4.79 Å². The van der Waals surface area contributed by atoms with E-state index >= 15 is 0 Å². The van der Waals surface area contributed by atoms with Crippen molar-refractivity contribution in [3.8, 4) is 17.2 Å². The van der Waals surface area contributed by atoms with Crippen molar-refractivity contribution in [2.75, 3.05) is 7.11 Å². The highest BCUT2D eigenvalue weighted by Gasteiger charge is 2.24. The fourth-order valence-electron chi connectivity index (χ4n) is 1.98. The van der Waals surface area contributed by atoms with Crippen LogP contribution in [-0.2, 0) is 6.61 Å². The molecule has 0 atom stereocenters. The van der Waals surface area contributed by atoms with Crippen LogP contribution in [-0.4, -0.2) is 27.7 Å².